The van der Waals surface area contributed by atoms with E-state index in [1.807, 2.05) is 0 Å². The minimum atomic E-state index is -0.0244. The molecule has 0 bridgehead atoms. The van der Waals surface area contributed by atoms with Gasteiger partial charge in [0, 0.05) is 18.3 Å². The zero-order valence-corrected chi connectivity index (χ0v) is 23.4. The maximum atomic E-state index is 11.8. The molecule has 0 aromatic heterocycles. The lowest BCUT2D eigenvalue weighted by Crippen LogP contribution is -2.28. The Morgan fingerprint density at radius 3 is 1.50 bits per heavy atom. The molecule has 3 nitrogen and oxygen atoms in total. The summed E-state index contributed by atoms with van der Waals surface area (Å²) in [6.07, 6.45) is 25.6. The van der Waals surface area contributed by atoms with Gasteiger partial charge in [-0.25, -0.2) is 0 Å². The first-order valence-electron chi connectivity index (χ1n) is 14.2. The Morgan fingerprint density at radius 1 is 0.594 bits per heavy atom. The zero-order chi connectivity index (χ0) is 23.5. The van der Waals surface area contributed by atoms with E-state index in [0.29, 0.717) is 13.0 Å². The lowest BCUT2D eigenvalue weighted by atomic mass is 10.1. The number of nitrogens with zero attached hydrogens (tertiary/aromatic N) is 1. The molecule has 0 N–H and O–H groups in total. The minimum absolute atomic E-state index is 0.0244. The Labute approximate surface area is 209 Å². The van der Waals surface area contributed by atoms with Crippen molar-refractivity contribution in [2.24, 2.45) is 0 Å². The fourth-order valence-electron chi connectivity index (χ4n) is 4.18. The van der Waals surface area contributed by atoms with E-state index in [0.717, 1.165) is 31.1 Å². The number of carbonyl (C=O) groups excluding carboxylic acids is 1. The molecule has 0 aliphatic heterocycles. The number of ether oxygens (including phenoxy) is 1. The molecule has 0 amide bonds. The van der Waals surface area contributed by atoms with Crippen molar-refractivity contribution in [2.45, 2.75) is 142 Å². The topological polar surface area (TPSA) is 29.5 Å². The van der Waals surface area contributed by atoms with Gasteiger partial charge in [-0.05, 0) is 45.2 Å². The summed E-state index contributed by atoms with van der Waals surface area (Å²) in [4.78, 5) is 14.4. The number of hydrogen-bond acceptors (Lipinski definition) is 3. The van der Waals surface area contributed by atoms with Crippen molar-refractivity contribution in [1.29, 1.82) is 0 Å². The monoisotopic (exact) mass is 517 g/mol. The van der Waals surface area contributed by atoms with E-state index >= 15 is 0 Å². The van der Waals surface area contributed by atoms with Crippen LogP contribution in [0.1, 0.15) is 142 Å². The van der Waals surface area contributed by atoms with Crippen LogP contribution in [0.15, 0.2) is 0 Å². The van der Waals surface area contributed by atoms with Crippen molar-refractivity contribution < 1.29 is 9.53 Å². The summed E-state index contributed by atoms with van der Waals surface area (Å²) in [5.41, 5.74) is 0. The van der Waals surface area contributed by atoms with Gasteiger partial charge in [-0.15, -0.1) is 0 Å². The Morgan fingerprint density at radius 2 is 1.03 bits per heavy atom. The van der Waals surface area contributed by atoms with Crippen LogP contribution >= 0.6 is 15.9 Å². The maximum absolute atomic E-state index is 11.8. The summed E-state index contributed by atoms with van der Waals surface area (Å²) in [6, 6.07) is 0. The van der Waals surface area contributed by atoms with Gasteiger partial charge in [0.05, 0.1) is 6.61 Å². The Kier molecular flexibility index (Phi) is 27.1. The van der Waals surface area contributed by atoms with Gasteiger partial charge in [0.15, 0.2) is 0 Å². The Hall–Kier alpha value is -0.0900. The molecule has 0 radical (unpaired) electrons. The van der Waals surface area contributed by atoms with Crippen molar-refractivity contribution in [1.82, 2.24) is 4.90 Å². The predicted octanol–water partition coefficient (Wildman–Crippen LogP) is 9.07. The Bertz CT molecular complexity index is 358. The standard InChI is InChI=1S/C28H56BrNO2/c1-3-5-7-9-11-13-15-19-24-30(25-20-16-14-12-10-8-6-4-2)26-21-27-32-28(31)22-17-18-23-29/h3-27H2,1-2H3. The van der Waals surface area contributed by atoms with Gasteiger partial charge in [-0.2, -0.15) is 0 Å². The summed E-state index contributed by atoms with van der Waals surface area (Å²) < 4.78 is 5.44. The van der Waals surface area contributed by atoms with Gasteiger partial charge in [-0.3, -0.25) is 4.79 Å². The summed E-state index contributed by atoms with van der Waals surface area (Å²) in [5, 5.41) is 0.965. The van der Waals surface area contributed by atoms with E-state index in [1.54, 1.807) is 0 Å². The quantitative estimate of drug-likeness (QED) is 0.0650. The highest BCUT2D eigenvalue weighted by Crippen LogP contribution is 2.11. The molecule has 0 fully saturated rings. The summed E-state index contributed by atoms with van der Waals surface area (Å²) in [6.45, 7) is 8.65. The second-order valence-corrected chi connectivity index (χ2v) is 10.3. The molecule has 32 heavy (non-hydrogen) atoms. The molecule has 0 aromatic rings. The number of carbonyl (C=O) groups is 1. The van der Waals surface area contributed by atoms with Crippen LogP contribution in [0.25, 0.3) is 0 Å². The smallest absolute Gasteiger partial charge is 0.305 e. The van der Waals surface area contributed by atoms with Gasteiger partial charge >= 0.3 is 5.97 Å². The summed E-state index contributed by atoms with van der Waals surface area (Å²) >= 11 is 3.41. The molecular formula is C28H56BrNO2. The molecule has 0 aliphatic rings. The van der Waals surface area contributed by atoms with Crippen LogP contribution in [0.5, 0.6) is 0 Å². The highest BCUT2D eigenvalue weighted by Gasteiger charge is 2.07. The van der Waals surface area contributed by atoms with Crippen LogP contribution in [0, 0.1) is 0 Å². The SMILES string of the molecule is CCCCCCCCCCN(CCCCCCCCCC)CCCOC(=O)CCCCBr. The van der Waals surface area contributed by atoms with Crippen molar-refractivity contribution in [2.75, 3.05) is 31.6 Å². The van der Waals surface area contributed by atoms with Crippen molar-refractivity contribution >= 4 is 21.9 Å². The number of hydrogen-bond donors (Lipinski definition) is 0. The van der Waals surface area contributed by atoms with Gasteiger partial charge < -0.3 is 9.64 Å². The predicted molar refractivity (Wildman–Crippen MR) is 145 cm³/mol. The molecule has 192 valence electrons. The molecule has 0 aromatic carbocycles. The average Bonchev–Trinajstić information content (AvgIpc) is 2.79. The van der Waals surface area contributed by atoms with Gasteiger partial charge in [0.25, 0.3) is 0 Å². The fourth-order valence-corrected chi connectivity index (χ4v) is 4.58. The number of rotatable bonds is 26. The van der Waals surface area contributed by atoms with E-state index in [-0.39, 0.29) is 5.97 Å². The third-order valence-electron chi connectivity index (χ3n) is 6.30. The molecule has 0 unspecified atom stereocenters. The normalized spacial score (nSPS) is 11.4. The van der Waals surface area contributed by atoms with Crippen molar-refractivity contribution in [3.8, 4) is 0 Å². The molecule has 0 saturated carbocycles. The minimum Gasteiger partial charge on any atom is -0.466 e. The van der Waals surface area contributed by atoms with Gasteiger partial charge in [0.1, 0.15) is 0 Å². The largest absolute Gasteiger partial charge is 0.466 e. The van der Waals surface area contributed by atoms with Crippen LogP contribution in [0.4, 0.5) is 0 Å². The molecular weight excluding hydrogens is 462 g/mol. The molecule has 0 saturated heterocycles. The van der Waals surface area contributed by atoms with Crippen LogP contribution in [-0.4, -0.2) is 42.4 Å². The molecule has 0 spiro atoms. The molecule has 4 heteroatoms. The maximum Gasteiger partial charge on any atom is 0.305 e. The Balaban J connectivity index is 3.96. The van der Waals surface area contributed by atoms with Crippen molar-refractivity contribution in [3.05, 3.63) is 0 Å². The molecule has 0 rings (SSSR count). The number of esters is 1. The van der Waals surface area contributed by atoms with E-state index < -0.39 is 0 Å². The highest BCUT2D eigenvalue weighted by molar-refractivity contribution is 9.09. The summed E-state index contributed by atoms with van der Waals surface area (Å²) in [7, 11) is 0. The zero-order valence-electron chi connectivity index (χ0n) is 21.8. The second-order valence-electron chi connectivity index (χ2n) is 9.51. The highest BCUT2D eigenvalue weighted by atomic mass is 79.9. The van der Waals surface area contributed by atoms with E-state index in [4.69, 9.17) is 4.74 Å². The molecule has 0 aliphatic carbocycles. The van der Waals surface area contributed by atoms with Crippen LogP contribution in [0.2, 0.25) is 0 Å². The van der Waals surface area contributed by atoms with E-state index in [1.165, 1.54) is 116 Å². The lowest BCUT2D eigenvalue weighted by Gasteiger charge is -2.22. The summed E-state index contributed by atoms with van der Waals surface area (Å²) in [5.74, 6) is -0.0244. The lowest BCUT2D eigenvalue weighted by molar-refractivity contribution is -0.143. The third kappa shape index (κ3) is 24.6. The molecule has 0 atom stereocenters. The van der Waals surface area contributed by atoms with Crippen LogP contribution in [-0.2, 0) is 9.53 Å². The van der Waals surface area contributed by atoms with E-state index in [2.05, 4.69) is 34.7 Å². The van der Waals surface area contributed by atoms with Crippen molar-refractivity contribution in [3.63, 3.8) is 0 Å². The van der Waals surface area contributed by atoms with Crippen LogP contribution < -0.4 is 0 Å². The number of halogens is 1. The number of alkyl halides is 1. The second kappa shape index (κ2) is 27.2. The third-order valence-corrected chi connectivity index (χ3v) is 6.86. The first-order chi connectivity index (χ1) is 15.7. The van der Waals surface area contributed by atoms with Gasteiger partial charge in [-0.1, -0.05) is 120 Å². The average molecular weight is 519 g/mol. The molecule has 0 heterocycles. The van der Waals surface area contributed by atoms with Crippen LogP contribution in [0.3, 0.4) is 0 Å². The van der Waals surface area contributed by atoms with E-state index in [9.17, 15) is 4.79 Å². The number of unbranched alkanes of at least 4 members (excludes halogenated alkanes) is 15. The first-order valence-corrected chi connectivity index (χ1v) is 15.3. The first kappa shape index (κ1) is 31.9. The fraction of sp³-hybridized carbons (Fsp3) is 0.964. The van der Waals surface area contributed by atoms with Gasteiger partial charge in [0.2, 0.25) is 0 Å².